The van der Waals surface area contributed by atoms with Gasteiger partial charge in [-0.25, -0.2) is 36.5 Å². The maximum absolute atomic E-state index is 14.0. The molecule has 1 fully saturated rings. The third-order valence-electron chi connectivity index (χ3n) is 5.51. The van der Waals surface area contributed by atoms with Crippen molar-refractivity contribution in [1.29, 1.82) is 0 Å². The van der Waals surface area contributed by atoms with Gasteiger partial charge in [0.05, 0.1) is 25.7 Å². The van der Waals surface area contributed by atoms with Gasteiger partial charge in [-0.1, -0.05) is 6.07 Å². The number of hydrogen-bond acceptors (Lipinski definition) is 6. The van der Waals surface area contributed by atoms with E-state index in [2.05, 4.69) is 9.71 Å². The van der Waals surface area contributed by atoms with Crippen LogP contribution in [0.3, 0.4) is 0 Å². The number of ether oxygens (including phenoxy) is 1. The van der Waals surface area contributed by atoms with E-state index in [1.54, 1.807) is 19.1 Å². The highest BCUT2D eigenvalue weighted by Gasteiger charge is 2.24. The van der Waals surface area contributed by atoms with Crippen LogP contribution in [0.5, 0.6) is 5.75 Å². The fraction of sp³-hybridized carbons (Fsp3) is 0.579. The molecule has 2 N–H and O–H groups in total. The van der Waals surface area contributed by atoms with Crippen molar-refractivity contribution < 1.29 is 17.5 Å². The lowest BCUT2D eigenvalue weighted by atomic mass is 10.1. The van der Waals surface area contributed by atoms with Crippen molar-refractivity contribution in [3.63, 3.8) is 0 Å². The Balaban J connectivity index is 1.28. The monoisotopic (exact) mass is 455 g/mol. The summed E-state index contributed by atoms with van der Waals surface area (Å²) >= 11 is 0. The van der Waals surface area contributed by atoms with Crippen molar-refractivity contribution in [1.82, 2.24) is 24.0 Å². The van der Waals surface area contributed by atoms with Crippen LogP contribution in [0.25, 0.3) is 0 Å². The van der Waals surface area contributed by atoms with Crippen LogP contribution in [0, 0.1) is 11.7 Å². The second-order valence-electron chi connectivity index (χ2n) is 8.17. The van der Waals surface area contributed by atoms with Crippen LogP contribution in [-0.4, -0.2) is 46.6 Å². The average molecular weight is 456 g/mol. The molecule has 2 aromatic rings. The SMILES string of the molecule is C[C@@H](NS(=O)(=O)CCCN1Cn2c(=O)[nH]c(=O)n2C1)c1ccc(F)c(OCC2CC2)c1. The van der Waals surface area contributed by atoms with Crippen molar-refractivity contribution in [3.8, 4) is 5.75 Å². The Hall–Kier alpha value is -2.44. The van der Waals surface area contributed by atoms with Gasteiger partial charge in [-0.15, -0.1) is 0 Å². The van der Waals surface area contributed by atoms with Gasteiger partial charge in [-0.2, -0.15) is 0 Å². The summed E-state index contributed by atoms with van der Waals surface area (Å²) < 4.78 is 49.7. The summed E-state index contributed by atoms with van der Waals surface area (Å²) in [6.07, 6.45) is 2.52. The lowest BCUT2D eigenvalue weighted by Crippen LogP contribution is -2.32. The first-order chi connectivity index (χ1) is 14.7. The number of aromatic amines is 1. The smallest absolute Gasteiger partial charge is 0.345 e. The van der Waals surface area contributed by atoms with E-state index in [-0.39, 0.29) is 24.8 Å². The molecule has 1 atom stereocenters. The zero-order chi connectivity index (χ0) is 22.2. The van der Waals surface area contributed by atoms with E-state index >= 15 is 0 Å². The molecule has 0 unspecified atom stereocenters. The van der Waals surface area contributed by atoms with Gasteiger partial charge >= 0.3 is 11.4 Å². The third-order valence-corrected chi connectivity index (χ3v) is 7.05. The van der Waals surface area contributed by atoms with Gasteiger partial charge < -0.3 is 4.74 Å². The molecule has 0 bridgehead atoms. The minimum Gasteiger partial charge on any atom is -0.490 e. The van der Waals surface area contributed by atoms with Crippen LogP contribution in [0.4, 0.5) is 4.39 Å². The van der Waals surface area contributed by atoms with E-state index in [1.165, 1.54) is 15.4 Å². The molecule has 0 radical (unpaired) electrons. The van der Waals surface area contributed by atoms with E-state index in [9.17, 15) is 22.4 Å². The standard InChI is InChI=1S/C19H26FN5O5S/c1-13(15-5-6-16(20)17(9-15)30-10-14-3-4-14)22-31(28,29)8-2-7-23-11-24-18(26)21-19(27)25(24)12-23/h5-6,9,13-14,22H,2-4,7-8,10-12H2,1H3,(H,21,26,27)/t13-/m1/s1. The zero-order valence-corrected chi connectivity index (χ0v) is 18.0. The first-order valence-electron chi connectivity index (χ1n) is 10.3. The molecule has 1 aliphatic carbocycles. The quantitative estimate of drug-likeness (QED) is 0.541. The van der Waals surface area contributed by atoms with E-state index in [4.69, 9.17) is 4.74 Å². The first kappa shape index (κ1) is 21.8. The molecule has 1 aromatic heterocycles. The van der Waals surface area contributed by atoms with Gasteiger partial charge in [-0.3, -0.25) is 9.88 Å². The Labute approximate surface area is 178 Å². The first-order valence-corrected chi connectivity index (χ1v) is 11.9. The number of benzene rings is 1. The van der Waals surface area contributed by atoms with Crippen molar-refractivity contribution in [2.75, 3.05) is 18.9 Å². The molecule has 4 rings (SSSR count). The lowest BCUT2D eigenvalue weighted by molar-refractivity contribution is 0.243. The van der Waals surface area contributed by atoms with Gasteiger partial charge in [0.1, 0.15) is 0 Å². The minimum atomic E-state index is -3.58. The van der Waals surface area contributed by atoms with Crippen LogP contribution >= 0.6 is 0 Å². The number of hydrogen-bond donors (Lipinski definition) is 2. The summed E-state index contributed by atoms with van der Waals surface area (Å²) in [6, 6.07) is 3.83. The van der Waals surface area contributed by atoms with Crippen LogP contribution in [0.2, 0.25) is 0 Å². The van der Waals surface area contributed by atoms with E-state index in [0.29, 0.717) is 31.1 Å². The Morgan fingerprint density at radius 3 is 2.55 bits per heavy atom. The number of nitrogens with zero attached hydrogens (tertiary/aromatic N) is 3. The van der Waals surface area contributed by atoms with Crippen LogP contribution in [-0.2, 0) is 23.4 Å². The molecule has 1 aliphatic heterocycles. The molecule has 2 aliphatic rings. The van der Waals surface area contributed by atoms with Crippen molar-refractivity contribution >= 4 is 10.0 Å². The fourth-order valence-corrected chi connectivity index (χ4v) is 4.85. The number of rotatable bonds is 10. The lowest BCUT2D eigenvalue weighted by Gasteiger charge is -2.17. The van der Waals surface area contributed by atoms with Gasteiger partial charge in [0.25, 0.3) is 0 Å². The summed E-state index contributed by atoms with van der Waals surface area (Å²) in [5.74, 6) is 0.0441. The number of fused-ring (bicyclic) bond motifs is 1. The molecule has 170 valence electrons. The highest BCUT2D eigenvalue weighted by Crippen LogP contribution is 2.31. The maximum atomic E-state index is 14.0. The van der Waals surface area contributed by atoms with Crippen LogP contribution in [0.1, 0.15) is 37.8 Å². The number of H-pyrrole nitrogens is 1. The number of nitrogens with one attached hydrogen (secondary N) is 2. The summed E-state index contributed by atoms with van der Waals surface area (Å²) in [7, 11) is -3.58. The zero-order valence-electron chi connectivity index (χ0n) is 17.2. The molecule has 10 nitrogen and oxygen atoms in total. The predicted octanol–water partition coefficient (Wildman–Crippen LogP) is 0.567. The van der Waals surface area contributed by atoms with E-state index < -0.39 is 33.3 Å². The van der Waals surface area contributed by atoms with Gasteiger partial charge in [0.2, 0.25) is 10.0 Å². The molecule has 31 heavy (non-hydrogen) atoms. The van der Waals surface area contributed by atoms with E-state index in [0.717, 1.165) is 12.8 Å². The highest BCUT2D eigenvalue weighted by atomic mass is 32.2. The summed E-state index contributed by atoms with van der Waals surface area (Å²) in [5.41, 5.74) is -0.334. The Kier molecular flexibility index (Phi) is 6.04. The highest BCUT2D eigenvalue weighted by molar-refractivity contribution is 7.89. The molecule has 1 aromatic carbocycles. The Morgan fingerprint density at radius 2 is 1.90 bits per heavy atom. The molecule has 12 heteroatoms. The number of aromatic nitrogens is 3. The number of halogens is 1. The topological polar surface area (TPSA) is 118 Å². The molecular formula is C19H26FN5O5S. The average Bonchev–Trinajstić information content (AvgIpc) is 3.37. The predicted molar refractivity (Wildman–Crippen MR) is 111 cm³/mol. The molecule has 0 saturated heterocycles. The van der Waals surface area contributed by atoms with Gasteiger partial charge in [-0.05, 0) is 49.8 Å². The summed E-state index contributed by atoms with van der Waals surface area (Å²) in [4.78, 5) is 27.2. The molecule has 2 heterocycles. The minimum absolute atomic E-state index is 0.111. The molecule has 0 spiro atoms. The van der Waals surface area contributed by atoms with E-state index in [1.807, 2.05) is 4.90 Å². The molecular weight excluding hydrogens is 429 g/mol. The summed E-state index contributed by atoms with van der Waals surface area (Å²) in [5, 5.41) is 0. The van der Waals surface area contributed by atoms with Gasteiger partial charge in [0, 0.05) is 12.6 Å². The van der Waals surface area contributed by atoms with Crippen LogP contribution < -0.4 is 20.8 Å². The normalized spacial score (nSPS) is 17.6. The molecule has 1 saturated carbocycles. The second kappa shape index (κ2) is 8.60. The van der Waals surface area contributed by atoms with Crippen molar-refractivity contribution in [2.24, 2.45) is 5.92 Å². The largest absolute Gasteiger partial charge is 0.490 e. The fourth-order valence-electron chi connectivity index (χ4n) is 3.55. The second-order valence-corrected chi connectivity index (χ2v) is 10.0. The van der Waals surface area contributed by atoms with Gasteiger partial charge in [0.15, 0.2) is 11.6 Å². The third kappa shape index (κ3) is 5.25. The molecule has 0 amide bonds. The Morgan fingerprint density at radius 1 is 1.23 bits per heavy atom. The summed E-state index contributed by atoms with van der Waals surface area (Å²) in [6.45, 7) is 3.06. The van der Waals surface area contributed by atoms with Crippen molar-refractivity contribution in [2.45, 2.75) is 45.6 Å². The Bertz CT molecular complexity index is 1130. The number of sulfonamides is 1. The van der Waals surface area contributed by atoms with Crippen LogP contribution in [0.15, 0.2) is 27.8 Å². The van der Waals surface area contributed by atoms with Crippen molar-refractivity contribution in [3.05, 3.63) is 50.5 Å². The maximum Gasteiger partial charge on any atom is 0.345 e.